The van der Waals surface area contributed by atoms with Crippen molar-refractivity contribution in [1.29, 1.82) is 0 Å². The van der Waals surface area contributed by atoms with Crippen molar-refractivity contribution in [2.24, 2.45) is 0 Å². The SMILES string of the molecule is COC(=O)c1ccc(OC)c(CN(C(=O)c2ccn(C(C)C(=O)O)n2)C2CCCCC2)c1. The molecule has 1 unspecified atom stereocenters. The molecule has 9 heteroatoms. The number of methoxy groups -OCH3 is 2. The Kier molecular flexibility index (Phi) is 7.50. The van der Waals surface area contributed by atoms with Crippen LogP contribution in [-0.2, 0) is 16.1 Å². The number of carbonyl (C=O) groups excluding carboxylic acids is 2. The van der Waals surface area contributed by atoms with Crippen LogP contribution in [0.2, 0.25) is 0 Å². The predicted molar refractivity (Wildman–Crippen MR) is 116 cm³/mol. The highest BCUT2D eigenvalue weighted by Crippen LogP contribution is 2.29. The van der Waals surface area contributed by atoms with Crippen LogP contribution >= 0.6 is 0 Å². The van der Waals surface area contributed by atoms with Crippen molar-refractivity contribution in [3.8, 4) is 5.75 Å². The van der Waals surface area contributed by atoms with E-state index in [1.165, 1.54) is 24.9 Å². The van der Waals surface area contributed by atoms with Crippen LogP contribution in [-0.4, -0.2) is 57.9 Å². The maximum Gasteiger partial charge on any atom is 0.337 e. The van der Waals surface area contributed by atoms with Crippen molar-refractivity contribution >= 4 is 17.8 Å². The molecule has 1 saturated carbocycles. The lowest BCUT2D eigenvalue weighted by molar-refractivity contribution is -0.140. The maximum absolute atomic E-state index is 13.5. The van der Waals surface area contributed by atoms with Crippen LogP contribution in [0, 0.1) is 0 Å². The van der Waals surface area contributed by atoms with Gasteiger partial charge in [0, 0.05) is 24.3 Å². The first-order valence-corrected chi connectivity index (χ1v) is 10.7. The van der Waals surface area contributed by atoms with Gasteiger partial charge in [0.05, 0.1) is 19.8 Å². The van der Waals surface area contributed by atoms with Crippen LogP contribution in [0.1, 0.15) is 71.5 Å². The number of rotatable bonds is 8. The van der Waals surface area contributed by atoms with E-state index in [1.54, 1.807) is 36.3 Å². The molecule has 1 aliphatic rings. The van der Waals surface area contributed by atoms with Crippen LogP contribution in [0.4, 0.5) is 0 Å². The third kappa shape index (κ3) is 5.09. The molecule has 1 amide bonds. The molecule has 1 atom stereocenters. The summed E-state index contributed by atoms with van der Waals surface area (Å²) < 4.78 is 11.6. The topological polar surface area (TPSA) is 111 Å². The smallest absolute Gasteiger partial charge is 0.337 e. The minimum Gasteiger partial charge on any atom is -0.496 e. The van der Waals surface area contributed by atoms with E-state index < -0.39 is 18.0 Å². The summed E-state index contributed by atoms with van der Waals surface area (Å²) in [6.07, 6.45) is 6.43. The highest BCUT2D eigenvalue weighted by atomic mass is 16.5. The molecule has 1 N–H and O–H groups in total. The number of carbonyl (C=O) groups is 3. The summed E-state index contributed by atoms with van der Waals surface area (Å²) in [4.78, 5) is 38.6. The second-order valence-corrected chi connectivity index (χ2v) is 7.94. The molecule has 172 valence electrons. The fourth-order valence-electron chi connectivity index (χ4n) is 4.02. The van der Waals surface area contributed by atoms with Crippen LogP contribution in [0.25, 0.3) is 0 Å². The number of nitrogens with zero attached hydrogens (tertiary/aromatic N) is 3. The van der Waals surface area contributed by atoms with E-state index in [1.807, 2.05) is 0 Å². The molecule has 0 aliphatic heterocycles. The third-order valence-corrected chi connectivity index (χ3v) is 5.90. The largest absolute Gasteiger partial charge is 0.496 e. The van der Waals surface area contributed by atoms with Crippen molar-refractivity contribution < 1.29 is 29.0 Å². The Bertz CT molecular complexity index is 980. The Hall–Kier alpha value is -3.36. The number of esters is 1. The van der Waals surface area contributed by atoms with E-state index in [0.717, 1.165) is 32.1 Å². The lowest BCUT2D eigenvalue weighted by atomic mass is 9.93. The monoisotopic (exact) mass is 443 g/mol. The number of hydrogen-bond acceptors (Lipinski definition) is 6. The van der Waals surface area contributed by atoms with Crippen LogP contribution in [0.3, 0.4) is 0 Å². The highest BCUT2D eigenvalue weighted by Gasteiger charge is 2.29. The molecule has 0 saturated heterocycles. The molecule has 0 radical (unpaired) electrons. The Morgan fingerprint density at radius 3 is 2.53 bits per heavy atom. The summed E-state index contributed by atoms with van der Waals surface area (Å²) in [6, 6.07) is 5.67. The number of carboxylic acids is 1. The quantitative estimate of drug-likeness (QED) is 0.623. The van der Waals surface area contributed by atoms with E-state index in [9.17, 15) is 19.5 Å². The van der Waals surface area contributed by atoms with Crippen LogP contribution < -0.4 is 4.74 Å². The van der Waals surface area contributed by atoms with Gasteiger partial charge in [0.1, 0.15) is 17.5 Å². The van der Waals surface area contributed by atoms with Crippen molar-refractivity contribution in [2.45, 2.75) is 57.7 Å². The molecule has 9 nitrogen and oxygen atoms in total. The molecule has 1 aliphatic carbocycles. The molecule has 1 aromatic heterocycles. The number of aromatic nitrogens is 2. The predicted octanol–water partition coefficient (Wildman–Crippen LogP) is 3.30. The molecule has 32 heavy (non-hydrogen) atoms. The van der Waals surface area contributed by atoms with Gasteiger partial charge >= 0.3 is 11.9 Å². The van der Waals surface area contributed by atoms with E-state index in [4.69, 9.17) is 9.47 Å². The number of aliphatic carboxylic acids is 1. The number of amides is 1. The summed E-state index contributed by atoms with van der Waals surface area (Å²) >= 11 is 0. The first kappa shape index (κ1) is 23.3. The zero-order valence-electron chi connectivity index (χ0n) is 18.6. The van der Waals surface area contributed by atoms with Gasteiger partial charge in [-0.25, -0.2) is 9.59 Å². The fraction of sp³-hybridized carbons (Fsp3) is 0.478. The van der Waals surface area contributed by atoms with Crippen molar-refractivity contribution in [2.75, 3.05) is 14.2 Å². The van der Waals surface area contributed by atoms with E-state index in [-0.39, 0.29) is 24.2 Å². The van der Waals surface area contributed by atoms with E-state index >= 15 is 0 Å². The minimum atomic E-state index is -1.03. The second-order valence-electron chi connectivity index (χ2n) is 7.94. The van der Waals surface area contributed by atoms with Crippen LogP contribution in [0.5, 0.6) is 5.75 Å². The Labute approximate surface area is 186 Å². The highest BCUT2D eigenvalue weighted by molar-refractivity contribution is 5.93. The second kappa shape index (κ2) is 10.3. The molecule has 0 spiro atoms. The summed E-state index contributed by atoms with van der Waals surface area (Å²) in [7, 11) is 2.86. The lowest BCUT2D eigenvalue weighted by Crippen LogP contribution is -2.41. The molecular formula is C23H29N3O6. The first-order chi connectivity index (χ1) is 15.3. The van der Waals surface area contributed by atoms with Crippen molar-refractivity contribution in [1.82, 2.24) is 14.7 Å². The van der Waals surface area contributed by atoms with Gasteiger partial charge in [0.25, 0.3) is 5.91 Å². The van der Waals surface area contributed by atoms with E-state index in [2.05, 4.69) is 5.10 Å². The molecule has 1 aromatic carbocycles. The zero-order chi connectivity index (χ0) is 23.3. The number of carboxylic acid groups (broad SMARTS) is 1. The van der Waals surface area contributed by atoms with Crippen molar-refractivity contribution in [3.05, 3.63) is 47.3 Å². The summed E-state index contributed by atoms with van der Waals surface area (Å²) in [6.45, 7) is 1.74. The van der Waals surface area contributed by atoms with Gasteiger partial charge in [0.2, 0.25) is 0 Å². The Morgan fingerprint density at radius 1 is 1.19 bits per heavy atom. The molecular weight excluding hydrogens is 414 g/mol. The normalized spacial score (nSPS) is 15.1. The lowest BCUT2D eigenvalue weighted by Gasteiger charge is -2.34. The van der Waals surface area contributed by atoms with Gasteiger partial charge in [-0.2, -0.15) is 5.10 Å². The summed E-state index contributed by atoms with van der Waals surface area (Å²) in [5.74, 6) is -1.21. The maximum atomic E-state index is 13.5. The Balaban J connectivity index is 1.94. The van der Waals surface area contributed by atoms with Gasteiger partial charge in [-0.3, -0.25) is 9.48 Å². The van der Waals surface area contributed by atoms with Gasteiger partial charge in [-0.15, -0.1) is 0 Å². The fourth-order valence-corrected chi connectivity index (χ4v) is 4.02. The van der Waals surface area contributed by atoms with Crippen LogP contribution in [0.15, 0.2) is 30.5 Å². The first-order valence-electron chi connectivity index (χ1n) is 10.7. The summed E-state index contributed by atoms with van der Waals surface area (Å²) in [5, 5.41) is 13.5. The average Bonchev–Trinajstić information content (AvgIpc) is 3.31. The zero-order valence-corrected chi connectivity index (χ0v) is 18.6. The number of hydrogen-bond donors (Lipinski definition) is 1. The Morgan fingerprint density at radius 2 is 1.91 bits per heavy atom. The number of ether oxygens (including phenoxy) is 2. The average molecular weight is 444 g/mol. The standard InChI is InChI=1S/C23H29N3O6/c1-15(22(28)29)26-12-11-19(24-26)21(27)25(18-7-5-4-6-8-18)14-17-13-16(23(30)32-3)9-10-20(17)31-2/h9-13,15,18H,4-8,14H2,1-3H3,(H,28,29). The third-order valence-electron chi connectivity index (χ3n) is 5.90. The van der Waals surface area contributed by atoms with Gasteiger partial charge < -0.3 is 19.5 Å². The molecule has 1 heterocycles. The summed E-state index contributed by atoms with van der Waals surface area (Å²) in [5.41, 5.74) is 1.25. The minimum absolute atomic E-state index is 0.0183. The van der Waals surface area contributed by atoms with Gasteiger partial charge in [0.15, 0.2) is 0 Å². The van der Waals surface area contributed by atoms with E-state index in [0.29, 0.717) is 16.9 Å². The molecule has 1 fully saturated rings. The molecule has 0 bridgehead atoms. The molecule has 3 rings (SSSR count). The van der Waals surface area contributed by atoms with Gasteiger partial charge in [-0.1, -0.05) is 19.3 Å². The van der Waals surface area contributed by atoms with Gasteiger partial charge in [-0.05, 0) is 44.0 Å². The molecule has 2 aromatic rings. The van der Waals surface area contributed by atoms with Crippen molar-refractivity contribution in [3.63, 3.8) is 0 Å². The number of benzene rings is 1.